The highest BCUT2D eigenvalue weighted by Gasteiger charge is 2.31. The molecule has 0 spiro atoms. The number of rotatable bonds is 20. The van der Waals surface area contributed by atoms with Gasteiger partial charge in [0.25, 0.3) is 0 Å². The van der Waals surface area contributed by atoms with Crippen molar-refractivity contribution in [3.63, 3.8) is 0 Å². The van der Waals surface area contributed by atoms with Gasteiger partial charge in [-0.05, 0) is 49.5 Å². The van der Waals surface area contributed by atoms with E-state index in [1.165, 1.54) is 95.5 Å². The fraction of sp³-hybridized carbons (Fsp3) is 0.769. The van der Waals surface area contributed by atoms with Gasteiger partial charge in [0.05, 0.1) is 12.7 Å². The molecule has 0 aliphatic heterocycles. The Morgan fingerprint density at radius 1 is 0.900 bits per heavy atom. The van der Waals surface area contributed by atoms with Gasteiger partial charge >= 0.3 is 0 Å². The van der Waals surface area contributed by atoms with Crippen LogP contribution in [0, 0.1) is 16.7 Å². The first-order valence-corrected chi connectivity index (χ1v) is 12.4. The standard InChI is InChI=1S/C26H43NO3/c1-2-3-4-5-12-17-26(29-21-23-14-9-8-10-15-23)18-13-7-6-11-16-25(22-30-27-28)24-19-20-24/h8-10,14-15,24-26H,2-7,11-13,16-22H2,1H3. The SMILES string of the molecule is CCCCCCCC(CCCCCCC(CON=O)C1CC1)OCc1ccccc1. The second-order valence-electron chi connectivity index (χ2n) is 9.08. The van der Waals surface area contributed by atoms with Crippen LogP contribution in [0.15, 0.2) is 35.7 Å². The maximum absolute atomic E-state index is 10.2. The maximum Gasteiger partial charge on any atom is 0.155 e. The van der Waals surface area contributed by atoms with Crippen molar-refractivity contribution in [1.82, 2.24) is 0 Å². The molecule has 0 radical (unpaired) electrons. The fourth-order valence-corrected chi connectivity index (χ4v) is 4.36. The Morgan fingerprint density at radius 3 is 2.13 bits per heavy atom. The Morgan fingerprint density at radius 2 is 1.53 bits per heavy atom. The molecular formula is C26H43NO3. The Balaban J connectivity index is 1.60. The van der Waals surface area contributed by atoms with E-state index in [0.29, 0.717) is 18.6 Å². The van der Waals surface area contributed by atoms with Gasteiger partial charge in [-0.15, -0.1) is 4.91 Å². The van der Waals surface area contributed by atoms with E-state index in [9.17, 15) is 4.91 Å². The minimum Gasteiger partial charge on any atom is -0.374 e. The van der Waals surface area contributed by atoms with Gasteiger partial charge in [-0.2, -0.15) is 0 Å². The molecule has 0 bridgehead atoms. The molecule has 2 unspecified atom stereocenters. The van der Waals surface area contributed by atoms with Crippen molar-refractivity contribution in [2.75, 3.05) is 6.61 Å². The first kappa shape index (κ1) is 24.8. The van der Waals surface area contributed by atoms with Crippen molar-refractivity contribution < 1.29 is 9.57 Å². The van der Waals surface area contributed by atoms with E-state index in [2.05, 4.69) is 42.6 Å². The van der Waals surface area contributed by atoms with Crippen molar-refractivity contribution >= 4 is 0 Å². The highest BCUT2D eigenvalue weighted by Crippen LogP contribution is 2.39. The lowest BCUT2D eigenvalue weighted by molar-refractivity contribution is 0.0260. The summed E-state index contributed by atoms with van der Waals surface area (Å²) in [7, 11) is 0. The molecule has 0 saturated heterocycles. The van der Waals surface area contributed by atoms with Crippen LogP contribution in [-0.2, 0) is 16.2 Å². The Hall–Kier alpha value is -1.42. The van der Waals surface area contributed by atoms with Crippen LogP contribution in [0.1, 0.15) is 102 Å². The molecule has 1 aliphatic rings. The lowest BCUT2D eigenvalue weighted by Crippen LogP contribution is -2.13. The van der Waals surface area contributed by atoms with Gasteiger partial charge in [-0.1, -0.05) is 95.0 Å². The van der Waals surface area contributed by atoms with Gasteiger partial charge in [0.2, 0.25) is 0 Å². The van der Waals surface area contributed by atoms with Crippen LogP contribution in [0.2, 0.25) is 0 Å². The van der Waals surface area contributed by atoms with E-state index in [0.717, 1.165) is 12.5 Å². The van der Waals surface area contributed by atoms with Crippen LogP contribution in [0.4, 0.5) is 0 Å². The molecule has 0 heterocycles. The molecule has 170 valence electrons. The predicted molar refractivity (Wildman–Crippen MR) is 124 cm³/mol. The van der Waals surface area contributed by atoms with Gasteiger partial charge in [-0.3, -0.25) is 0 Å². The second-order valence-corrected chi connectivity index (χ2v) is 9.08. The number of ether oxygens (including phenoxy) is 1. The molecule has 4 nitrogen and oxygen atoms in total. The van der Waals surface area contributed by atoms with Crippen molar-refractivity contribution in [3.05, 3.63) is 40.8 Å². The smallest absolute Gasteiger partial charge is 0.155 e. The maximum atomic E-state index is 10.2. The molecule has 0 amide bonds. The number of hydrogen-bond donors (Lipinski definition) is 0. The molecule has 1 aromatic rings. The molecule has 30 heavy (non-hydrogen) atoms. The van der Waals surface area contributed by atoms with Gasteiger partial charge in [0.15, 0.2) is 5.34 Å². The number of benzene rings is 1. The summed E-state index contributed by atoms with van der Waals surface area (Å²) in [5.41, 5.74) is 1.27. The number of hydrogen-bond acceptors (Lipinski definition) is 4. The van der Waals surface area contributed by atoms with E-state index >= 15 is 0 Å². The average Bonchev–Trinajstić information content (AvgIpc) is 3.61. The molecule has 2 rings (SSSR count). The summed E-state index contributed by atoms with van der Waals surface area (Å²) in [6.45, 7) is 3.51. The van der Waals surface area contributed by atoms with Crippen LogP contribution in [-0.4, -0.2) is 12.7 Å². The highest BCUT2D eigenvalue weighted by atomic mass is 16.7. The molecule has 4 heteroatoms. The van der Waals surface area contributed by atoms with Crippen LogP contribution >= 0.6 is 0 Å². The topological polar surface area (TPSA) is 47.9 Å². The van der Waals surface area contributed by atoms with Gasteiger partial charge in [0.1, 0.15) is 6.61 Å². The quantitative estimate of drug-likeness (QED) is 0.123. The molecule has 1 saturated carbocycles. The van der Waals surface area contributed by atoms with Gasteiger partial charge in [0, 0.05) is 0 Å². The van der Waals surface area contributed by atoms with Crippen molar-refractivity contribution in [1.29, 1.82) is 0 Å². The molecule has 1 fully saturated rings. The largest absolute Gasteiger partial charge is 0.374 e. The normalized spacial score (nSPS) is 15.6. The molecule has 1 aliphatic carbocycles. The molecule has 0 aromatic heterocycles. The summed E-state index contributed by atoms with van der Waals surface area (Å²) in [5, 5.41) is 2.58. The summed E-state index contributed by atoms with van der Waals surface area (Å²) in [5.74, 6) is 1.31. The molecule has 2 atom stereocenters. The van der Waals surface area contributed by atoms with Crippen LogP contribution in [0.25, 0.3) is 0 Å². The van der Waals surface area contributed by atoms with Crippen molar-refractivity contribution in [2.24, 2.45) is 17.2 Å². The fourth-order valence-electron chi connectivity index (χ4n) is 4.36. The van der Waals surface area contributed by atoms with Gasteiger partial charge < -0.3 is 9.57 Å². The van der Waals surface area contributed by atoms with Crippen LogP contribution in [0.5, 0.6) is 0 Å². The zero-order valence-electron chi connectivity index (χ0n) is 19.1. The Labute approximate surface area is 184 Å². The number of unbranched alkanes of at least 4 members (excludes halogenated alkanes) is 7. The van der Waals surface area contributed by atoms with Crippen molar-refractivity contribution in [2.45, 2.75) is 110 Å². The first-order chi connectivity index (χ1) is 14.8. The van der Waals surface area contributed by atoms with E-state index < -0.39 is 0 Å². The minimum absolute atomic E-state index is 0.387. The molecule has 1 aromatic carbocycles. The number of nitrogens with zero attached hydrogens (tertiary/aromatic N) is 1. The molecule has 0 N–H and O–H groups in total. The van der Waals surface area contributed by atoms with Crippen LogP contribution < -0.4 is 0 Å². The van der Waals surface area contributed by atoms with Crippen molar-refractivity contribution in [3.8, 4) is 0 Å². The lowest BCUT2D eigenvalue weighted by Gasteiger charge is -2.18. The third kappa shape index (κ3) is 11.7. The van der Waals surface area contributed by atoms with Gasteiger partial charge in [-0.25, -0.2) is 0 Å². The van der Waals surface area contributed by atoms with E-state index in [-0.39, 0.29) is 0 Å². The Bertz CT molecular complexity index is 532. The molecular weight excluding hydrogens is 374 g/mol. The van der Waals surface area contributed by atoms with Crippen LogP contribution in [0.3, 0.4) is 0 Å². The zero-order chi connectivity index (χ0) is 21.3. The third-order valence-electron chi connectivity index (χ3n) is 6.44. The second kappa shape index (κ2) is 16.3. The summed E-state index contributed by atoms with van der Waals surface area (Å²) in [6.07, 6.45) is 18.1. The first-order valence-electron chi connectivity index (χ1n) is 12.4. The summed E-state index contributed by atoms with van der Waals surface area (Å²) < 4.78 is 6.31. The monoisotopic (exact) mass is 417 g/mol. The summed E-state index contributed by atoms with van der Waals surface area (Å²) >= 11 is 0. The zero-order valence-corrected chi connectivity index (χ0v) is 19.1. The van der Waals surface area contributed by atoms with E-state index in [4.69, 9.17) is 9.57 Å². The highest BCUT2D eigenvalue weighted by molar-refractivity contribution is 5.13. The predicted octanol–water partition coefficient (Wildman–Crippen LogP) is 8.00. The third-order valence-corrected chi connectivity index (χ3v) is 6.44. The summed E-state index contributed by atoms with van der Waals surface area (Å²) in [6, 6.07) is 10.5. The summed E-state index contributed by atoms with van der Waals surface area (Å²) in [4.78, 5) is 15.0. The Kier molecular flexibility index (Phi) is 13.5. The average molecular weight is 418 g/mol. The van der Waals surface area contributed by atoms with E-state index in [1.54, 1.807) is 0 Å². The van der Waals surface area contributed by atoms with E-state index in [1.807, 2.05) is 0 Å². The lowest BCUT2D eigenvalue weighted by atomic mass is 9.96. The minimum atomic E-state index is 0.387.